The molecule has 0 amide bonds. The number of hydrogen-bond donors (Lipinski definition) is 0. The lowest BCUT2D eigenvalue weighted by Crippen LogP contribution is -2.51. The summed E-state index contributed by atoms with van der Waals surface area (Å²) in [5.74, 6) is 4.32. The Balaban J connectivity index is 1.14. The van der Waals surface area contributed by atoms with Crippen LogP contribution in [0.5, 0.6) is 0 Å². The van der Waals surface area contributed by atoms with Crippen LogP contribution in [0.4, 0.5) is 0 Å². The summed E-state index contributed by atoms with van der Waals surface area (Å²) in [6.07, 6.45) is 15.2. The van der Waals surface area contributed by atoms with Gasteiger partial charge < -0.3 is 4.74 Å². The highest BCUT2D eigenvalue weighted by molar-refractivity contribution is 5.89. The number of ether oxygens (including phenoxy) is 1. The molecule has 26 heavy (non-hydrogen) atoms. The molecule has 8 aliphatic carbocycles. The summed E-state index contributed by atoms with van der Waals surface area (Å²) < 4.78 is 5.60. The standard InChI is InChI=1S/C23H32O3/c24-20(13-22-7-14-1-15(8-22)3-16(2-14)9-22)26-21(25)23-10-17-4-18(11-23)6-19(5-17)12-23/h14-19H,1-13H2. The molecule has 8 saturated carbocycles. The molecule has 8 bridgehead atoms. The molecule has 0 spiro atoms. The second kappa shape index (κ2) is 5.35. The van der Waals surface area contributed by atoms with Gasteiger partial charge >= 0.3 is 11.9 Å². The van der Waals surface area contributed by atoms with E-state index in [0.717, 1.165) is 37.0 Å². The zero-order valence-corrected chi connectivity index (χ0v) is 15.9. The number of rotatable bonds is 3. The van der Waals surface area contributed by atoms with E-state index in [1.807, 2.05) is 0 Å². The Morgan fingerprint density at radius 1 is 0.654 bits per heavy atom. The van der Waals surface area contributed by atoms with E-state index in [0.29, 0.717) is 24.2 Å². The number of carbonyl (C=O) groups excluding carboxylic acids is 2. The van der Waals surface area contributed by atoms with Crippen LogP contribution in [0, 0.1) is 46.3 Å². The van der Waals surface area contributed by atoms with Gasteiger partial charge in [0.1, 0.15) is 0 Å². The van der Waals surface area contributed by atoms with Crippen molar-refractivity contribution in [2.75, 3.05) is 0 Å². The van der Waals surface area contributed by atoms with Gasteiger partial charge in [0.25, 0.3) is 0 Å². The molecule has 0 heterocycles. The molecule has 0 aromatic carbocycles. The fourth-order valence-electron chi connectivity index (χ4n) is 9.42. The Kier molecular flexibility index (Phi) is 3.32. The molecule has 0 aromatic rings. The normalized spacial score (nSPS) is 53.1. The minimum absolute atomic E-state index is 0.147. The van der Waals surface area contributed by atoms with Crippen LogP contribution >= 0.6 is 0 Å². The highest BCUT2D eigenvalue weighted by Crippen LogP contribution is 2.62. The van der Waals surface area contributed by atoms with E-state index in [1.165, 1.54) is 57.8 Å². The maximum atomic E-state index is 13.0. The van der Waals surface area contributed by atoms with Crippen molar-refractivity contribution >= 4 is 11.9 Å². The first-order chi connectivity index (χ1) is 12.5. The monoisotopic (exact) mass is 356 g/mol. The van der Waals surface area contributed by atoms with Crippen molar-refractivity contribution in [3.05, 3.63) is 0 Å². The number of esters is 2. The van der Waals surface area contributed by atoms with Gasteiger partial charge in [-0.2, -0.15) is 0 Å². The Hall–Kier alpha value is -0.860. The first kappa shape index (κ1) is 16.1. The van der Waals surface area contributed by atoms with Crippen molar-refractivity contribution in [3.8, 4) is 0 Å². The second-order valence-electron chi connectivity index (χ2n) is 11.6. The van der Waals surface area contributed by atoms with Gasteiger partial charge in [-0.15, -0.1) is 0 Å². The fraction of sp³-hybridized carbons (Fsp3) is 0.913. The lowest BCUT2D eigenvalue weighted by atomic mass is 9.49. The average molecular weight is 357 g/mol. The maximum absolute atomic E-state index is 13.0. The van der Waals surface area contributed by atoms with Gasteiger partial charge in [0, 0.05) is 0 Å². The van der Waals surface area contributed by atoms with E-state index in [2.05, 4.69) is 0 Å². The van der Waals surface area contributed by atoms with Gasteiger partial charge in [-0.3, -0.25) is 9.59 Å². The highest BCUT2D eigenvalue weighted by atomic mass is 16.6. The van der Waals surface area contributed by atoms with Crippen LogP contribution in [0.1, 0.15) is 83.5 Å². The minimum atomic E-state index is -0.300. The highest BCUT2D eigenvalue weighted by Gasteiger charge is 2.56. The molecule has 0 aliphatic heterocycles. The summed E-state index contributed by atoms with van der Waals surface area (Å²) >= 11 is 0. The maximum Gasteiger partial charge on any atom is 0.319 e. The topological polar surface area (TPSA) is 43.4 Å². The molecule has 0 unspecified atom stereocenters. The van der Waals surface area contributed by atoms with E-state index in [-0.39, 0.29) is 22.8 Å². The second-order valence-corrected chi connectivity index (χ2v) is 11.6. The Morgan fingerprint density at radius 2 is 1.04 bits per heavy atom. The zero-order valence-electron chi connectivity index (χ0n) is 15.9. The summed E-state index contributed by atoms with van der Waals surface area (Å²) in [7, 11) is 0. The molecule has 8 fully saturated rings. The van der Waals surface area contributed by atoms with Crippen molar-refractivity contribution in [1.29, 1.82) is 0 Å². The lowest BCUT2D eigenvalue weighted by Gasteiger charge is -2.56. The molecule has 8 aliphatic rings. The van der Waals surface area contributed by atoms with E-state index >= 15 is 0 Å². The fourth-order valence-corrected chi connectivity index (χ4v) is 9.42. The van der Waals surface area contributed by atoms with Crippen LogP contribution < -0.4 is 0 Å². The van der Waals surface area contributed by atoms with Crippen LogP contribution in [0.15, 0.2) is 0 Å². The molecule has 0 aromatic heterocycles. The summed E-state index contributed by atoms with van der Waals surface area (Å²) in [5.41, 5.74) is -0.126. The predicted octanol–water partition coefficient (Wildman–Crippen LogP) is 4.88. The molecule has 3 nitrogen and oxygen atoms in total. The van der Waals surface area contributed by atoms with E-state index in [4.69, 9.17) is 4.74 Å². The molecular formula is C23H32O3. The van der Waals surface area contributed by atoms with Gasteiger partial charge in [0.05, 0.1) is 11.8 Å². The summed E-state index contributed by atoms with van der Waals surface area (Å²) in [4.78, 5) is 25.8. The molecule has 0 saturated heterocycles. The summed E-state index contributed by atoms with van der Waals surface area (Å²) in [6.45, 7) is 0. The van der Waals surface area contributed by atoms with Gasteiger partial charge in [-0.1, -0.05) is 0 Å². The SMILES string of the molecule is O=C(CC12CC3CC(CC(C3)C1)C2)OC(=O)C12CC3CC(CC(C3)C1)C2. The average Bonchev–Trinajstić information content (AvgIpc) is 2.51. The van der Waals surface area contributed by atoms with Gasteiger partial charge in [-0.05, 0) is 118 Å². The van der Waals surface area contributed by atoms with E-state index in [9.17, 15) is 9.59 Å². The molecule has 8 rings (SSSR count). The van der Waals surface area contributed by atoms with Crippen LogP contribution in [0.3, 0.4) is 0 Å². The quantitative estimate of drug-likeness (QED) is 0.535. The Morgan fingerprint density at radius 3 is 1.46 bits per heavy atom. The molecule has 0 atom stereocenters. The van der Waals surface area contributed by atoms with Gasteiger partial charge in [-0.25, -0.2) is 0 Å². The third-order valence-electron chi connectivity index (χ3n) is 9.36. The van der Waals surface area contributed by atoms with Crippen molar-refractivity contribution in [2.24, 2.45) is 46.3 Å². The minimum Gasteiger partial charge on any atom is -0.393 e. The van der Waals surface area contributed by atoms with Crippen molar-refractivity contribution in [2.45, 2.75) is 83.5 Å². The Labute approximate surface area is 156 Å². The van der Waals surface area contributed by atoms with E-state index in [1.54, 1.807) is 0 Å². The summed E-state index contributed by atoms with van der Waals surface area (Å²) in [5, 5.41) is 0. The molecule has 142 valence electrons. The first-order valence-electron chi connectivity index (χ1n) is 11.2. The van der Waals surface area contributed by atoms with Crippen molar-refractivity contribution in [3.63, 3.8) is 0 Å². The zero-order chi connectivity index (χ0) is 17.5. The molecule has 0 N–H and O–H groups in total. The van der Waals surface area contributed by atoms with E-state index < -0.39 is 0 Å². The van der Waals surface area contributed by atoms with Crippen LogP contribution in [0.2, 0.25) is 0 Å². The lowest BCUT2D eigenvalue weighted by molar-refractivity contribution is -0.181. The molecule has 3 heteroatoms. The first-order valence-corrected chi connectivity index (χ1v) is 11.2. The van der Waals surface area contributed by atoms with Crippen molar-refractivity contribution in [1.82, 2.24) is 0 Å². The predicted molar refractivity (Wildman–Crippen MR) is 96.9 cm³/mol. The van der Waals surface area contributed by atoms with Crippen LogP contribution in [0.25, 0.3) is 0 Å². The summed E-state index contributed by atoms with van der Waals surface area (Å²) in [6, 6.07) is 0. The number of hydrogen-bond acceptors (Lipinski definition) is 3. The molecule has 0 radical (unpaired) electrons. The van der Waals surface area contributed by atoms with Gasteiger partial charge in [0.2, 0.25) is 0 Å². The number of carbonyl (C=O) groups is 2. The Bertz CT molecular complexity index is 577. The largest absolute Gasteiger partial charge is 0.393 e. The third kappa shape index (κ3) is 2.44. The van der Waals surface area contributed by atoms with Gasteiger partial charge in [0.15, 0.2) is 0 Å². The smallest absolute Gasteiger partial charge is 0.319 e. The van der Waals surface area contributed by atoms with Crippen LogP contribution in [-0.4, -0.2) is 11.9 Å². The molecular weight excluding hydrogens is 324 g/mol. The van der Waals surface area contributed by atoms with Crippen LogP contribution in [-0.2, 0) is 14.3 Å². The third-order valence-corrected chi connectivity index (χ3v) is 9.36. The van der Waals surface area contributed by atoms with Crippen molar-refractivity contribution < 1.29 is 14.3 Å².